The van der Waals surface area contributed by atoms with Gasteiger partial charge in [-0.05, 0) is 144 Å². The number of aliphatic imine (C=N–C) groups is 1. The predicted octanol–water partition coefficient (Wildman–Crippen LogP) is 4.49. The fourth-order valence-corrected chi connectivity index (χ4v) is 11.1. The van der Waals surface area contributed by atoms with E-state index in [0.29, 0.717) is 72.6 Å². The summed E-state index contributed by atoms with van der Waals surface area (Å²) < 4.78 is 32.2. The van der Waals surface area contributed by atoms with E-state index in [4.69, 9.17) is 5.73 Å². The molecule has 3 atom stereocenters. The number of piperidine rings is 4. The number of rotatable bonds is 14. The van der Waals surface area contributed by atoms with Gasteiger partial charge in [-0.15, -0.1) is 0 Å². The van der Waals surface area contributed by atoms with E-state index in [1.54, 1.807) is 31.7 Å². The Morgan fingerprint density at radius 3 is 2.36 bits per heavy atom. The molecule has 0 radical (unpaired) electrons. The Kier molecular flexibility index (Phi) is 15.2. The number of carbonyl (C=O) groups excluding carboxylic acids is 3. The minimum Gasteiger partial charge on any atom is -0.404 e. The SMILES string of the molecule is CN=CC(=CN)c1cc2c(cc1C(F)F)N(C(=N)C1CN(C(C)=O)CCC1NC1CCN(CCCN3CCC(CNc4ccc5c(c4)n(C)c(=O)n5C4CCC(=O)NC4=O)CC3)CC1)CCC2. The van der Waals surface area contributed by atoms with Gasteiger partial charge in [0, 0.05) is 107 Å². The summed E-state index contributed by atoms with van der Waals surface area (Å²) in [7, 11) is 3.29. The van der Waals surface area contributed by atoms with Crippen LogP contribution in [0.15, 0.2) is 46.3 Å². The van der Waals surface area contributed by atoms with Crippen molar-refractivity contribution in [1.29, 1.82) is 5.41 Å². The van der Waals surface area contributed by atoms with Gasteiger partial charge in [0.25, 0.3) is 6.43 Å². The molecule has 6 heterocycles. The molecular formula is C49H68F2N12O4. The third-order valence-electron chi connectivity index (χ3n) is 15.0. The first-order valence-electron chi connectivity index (χ1n) is 24.2. The van der Waals surface area contributed by atoms with Crippen molar-refractivity contribution in [1.82, 2.24) is 34.5 Å². The zero-order valence-corrected chi connectivity index (χ0v) is 39.2. The molecule has 2 aromatic carbocycles. The number of imidazole rings is 1. The van der Waals surface area contributed by atoms with Crippen LogP contribution in [0, 0.1) is 17.2 Å². The average molecular weight is 927 g/mol. The van der Waals surface area contributed by atoms with Crippen LogP contribution in [0.25, 0.3) is 16.6 Å². The number of amidine groups is 1. The molecule has 5 aliphatic rings. The van der Waals surface area contributed by atoms with Gasteiger partial charge < -0.3 is 36.0 Å². The summed E-state index contributed by atoms with van der Waals surface area (Å²) in [5.74, 6) is -0.125. The van der Waals surface area contributed by atoms with Gasteiger partial charge in [-0.1, -0.05) is 0 Å². The number of benzene rings is 2. The number of fused-ring (bicyclic) bond motifs is 2. The van der Waals surface area contributed by atoms with Gasteiger partial charge in [-0.3, -0.25) is 39.2 Å². The highest BCUT2D eigenvalue weighted by molar-refractivity contribution is 6.10. The van der Waals surface area contributed by atoms with Gasteiger partial charge >= 0.3 is 5.69 Å². The minimum atomic E-state index is -2.73. The molecule has 3 aromatic rings. The lowest BCUT2D eigenvalue weighted by molar-refractivity contribution is -0.136. The lowest BCUT2D eigenvalue weighted by Crippen LogP contribution is -2.59. The van der Waals surface area contributed by atoms with Gasteiger partial charge in [-0.2, -0.15) is 0 Å². The number of likely N-dealkylation sites (tertiary alicyclic amines) is 3. The summed E-state index contributed by atoms with van der Waals surface area (Å²) in [6.45, 7) is 10.3. The highest BCUT2D eigenvalue weighted by Gasteiger charge is 2.39. The molecule has 0 bridgehead atoms. The van der Waals surface area contributed by atoms with E-state index < -0.39 is 18.4 Å². The Labute approximate surface area is 391 Å². The summed E-state index contributed by atoms with van der Waals surface area (Å²) in [5, 5.41) is 19.5. The first kappa shape index (κ1) is 48.0. The average Bonchev–Trinajstić information content (AvgIpc) is 3.57. The Bertz CT molecular complexity index is 2430. The molecule has 0 saturated carbocycles. The van der Waals surface area contributed by atoms with E-state index in [2.05, 4.69) is 30.7 Å². The minimum absolute atomic E-state index is 0.0110. The largest absolute Gasteiger partial charge is 0.404 e. The Hall–Kier alpha value is -5.46. The van der Waals surface area contributed by atoms with Crippen LogP contribution >= 0.6 is 0 Å². The third kappa shape index (κ3) is 10.7. The molecule has 0 spiro atoms. The number of nitrogens with one attached hydrogen (secondary N) is 4. The number of allylic oxidation sites excluding steroid dienone is 1. The van der Waals surface area contributed by atoms with Gasteiger partial charge in [0.15, 0.2) is 0 Å². The van der Waals surface area contributed by atoms with Crippen LogP contribution in [0.5, 0.6) is 0 Å². The standard InChI is InChI=1S/C49H68F2N12O4/c1-31(64)61-23-15-40(39(30-61)47(53)62-18-4-6-33-24-37(34(27-52)29-54-2)38(46(50)51)26-43(33)62)56-35-13-21-60(22-14-35)17-5-16-59-19-11-32(12-20-59)28-55-36-7-8-41-44(25-36)58(3)49(67)63(41)42-9-10-45(65)57-48(42)66/h7-8,24-27,29,32,35,39-40,42,46,53,55-56H,4-6,9-23,28,30,52H2,1-3H3,(H,57,65,66). The van der Waals surface area contributed by atoms with E-state index in [-0.39, 0.29) is 41.4 Å². The first-order valence-corrected chi connectivity index (χ1v) is 24.2. The molecule has 16 nitrogen and oxygen atoms in total. The number of anilines is 2. The van der Waals surface area contributed by atoms with Crippen LogP contribution in [-0.4, -0.2) is 138 Å². The van der Waals surface area contributed by atoms with Crippen LogP contribution in [0.2, 0.25) is 0 Å². The van der Waals surface area contributed by atoms with Crippen molar-refractivity contribution in [3.05, 3.63) is 63.7 Å². The van der Waals surface area contributed by atoms with Crippen molar-refractivity contribution >= 4 is 57.8 Å². The van der Waals surface area contributed by atoms with E-state index in [1.807, 2.05) is 28.0 Å². The molecule has 1 aromatic heterocycles. The fourth-order valence-electron chi connectivity index (χ4n) is 11.1. The van der Waals surface area contributed by atoms with Gasteiger partial charge in [0.1, 0.15) is 11.9 Å². The quantitative estimate of drug-likeness (QED) is 0.0876. The maximum Gasteiger partial charge on any atom is 0.329 e. The lowest BCUT2D eigenvalue weighted by Gasteiger charge is -2.45. The molecule has 362 valence electrons. The number of halogens is 2. The number of hydrogen-bond donors (Lipinski definition) is 5. The third-order valence-corrected chi connectivity index (χ3v) is 15.0. The number of imide groups is 1. The number of nitrogens with zero attached hydrogens (tertiary/aromatic N) is 7. The number of nitrogens with two attached hydrogens (primary N) is 1. The molecule has 0 aliphatic carbocycles. The lowest BCUT2D eigenvalue weighted by atomic mass is 9.86. The molecule has 3 amide bonds. The second-order valence-electron chi connectivity index (χ2n) is 19.2. The zero-order valence-electron chi connectivity index (χ0n) is 39.2. The highest BCUT2D eigenvalue weighted by atomic mass is 19.3. The van der Waals surface area contributed by atoms with Crippen molar-refractivity contribution in [2.24, 2.45) is 29.6 Å². The predicted molar refractivity (Wildman–Crippen MR) is 259 cm³/mol. The molecule has 5 aliphatic heterocycles. The summed E-state index contributed by atoms with van der Waals surface area (Å²) in [4.78, 5) is 63.0. The summed E-state index contributed by atoms with van der Waals surface area (Å²) in [5.41, 5.74) is 10.1. The smallest absolute Gasteiger partial charge is 0.329 e. The van der Waals surface area contributed by atoms with Crippen molar-refractivity contribution < 1.29 is 23.2 Å². The van der Waals surface area contributed by atoms with Crippen LogP contribution in [0.3, 0.4) is 0 Å². The monoisotopic (exact) mass is 927 g/mol. The van der Waals surface area contributed by atoms with Crippen molar-refractivity contribution in [2.75, 3.05) is 82.7 Å². The van der Waals surface area contributed by atoms with Crippen molar-refractivity contribution in [3.63, 3.8) is 0 Å². The first-order chi connectivity index (χ1) is 32.3. The maximum absolute atomic E-state index is 14.6. The van der Waals surface area contributed by atoms with Crippen molar-refractivity contribution in [3.8, 4) is 0 Å². The fraction of sp³-hybridized carbons (Fsp3) is 0.592. The van der Waals surface area contributed by atoms with E-state index >= 15 is 0 Å². The second-order valence-corrected chi connectivity index (χ2v) is 19.2. The number of aryl methyl sites for hydroxylation is 2. The molecule has 3 unspecified atom stereocenters. The van der Waals surface area contributed by atoms with Crippen LogP contribution in [0.4, 0.5) is 20.2 Å². The Morgan fingerprint density at radius 2 is 1.69 bits per heavy atom. The van der Waals surface area contributed by atoms with Crippen LogP contribution in [-0.2, 0) is 27.9 Å². The number of carbonyl (C=O) groups is 3. The van der Waals surface area contributed by atoms with Gasteiger partial charge in [0.2, 0.25) is 17.7 Å². The summed E-state index contributed by atoms with van der Waals surface area (Å²) >= 11 is 0. The molecule has 4 saturated heterocycles. The number of amides is 3. The number of alkyl halides is 2. The van der Waals surface area contributed by atoms with E-state index in [9.17, 15) is 33.4 Å². The molecule has 6 N–H and O–H groups in total. The van der Waals surface area contributed by atoms with E-state index in [0.717, 1.165) is 108 Å². The molecule has 4 fully saturated rings. The molecule has 8 rings (SSSR count). The van der Waals surface area contributed by atoms with E-state index in [1.165, 1.54) is 23.0 Å². The van der Waals surface area contributed by atoms with Crippen molar-refractivity contribution in [2.45, 2.75) is 95.7 Å². The number of hydrogen-bond acceptors (Lipinski definition) is 11. The molecular weight excluding hydrogens is 859 g/mol. The summed E-state index contributed by atoms with van der Waals surface area (Å²) in [6, 6.07) is 8.72. The zero-order chi connectivity index (χ0) is 47.4. The topological polar surface area (TPSA) is 189 Å². The van der Waals surface area contributed by atoms with Crippen LogP contribution in [0.1, 0.15) is 93.9 Å². The second kappa shape index (κ2) is 21.2. The Morgan fingerprint density at radius 1 is 0.955 bits per heavy atom. The molecule has 67 heavy (non-hydrogen) atoms. The normalized spacial score (nSPS) is 23.1. The van der Waals surface area contributed by atoms with Gasteiger partial charge in [-0.25, -0.2) is 13.6 Å². The van der Waals surface area contributed by atoms with Crippen LogP contribution < -0.4 is 32.3 Å². The van der Waals surface area contributed by atoms with Gasteiger partial charge in [0.05, 0.1) is 11.0 Å². The maximum atomic E-state index is 14.6. The molecule has 18 heteroatoms. The Balaban J connectivity index is 0.790. The summed E-state index contributed by atoms with van der Waals surface area (Å²) in [6.07, 6.45) is 8.15. The highest BCUT2D eigenvalue weighted by Crippen LogP contribution is 2.38. The number of aromatic nitrogens is 2.